The molecule has 0 spiro atoms. The largest absolute Gasteiger partial charge is 0.496 e. The standard InChI is InChI=1S/C31H36O7/c1-5-15-35-22-11-12-23(28(16-22)36-19-21-9-7-6-8-10-21)26(33)20-37-30-24-13-14-31(2,3)38-29(24)17-27(34-4)25(30)18-32/h6-12,16-17,32H,5,13-15,18-20H2,1-4H3. The Morgan fingerprint density at radius 1 is 1.03 bits per heavy atom. The molecule has 7 heteroatoms. The summed E-state index contributed by atoms with van der Waals surface area (Å²) in [4.78, 5) is 13.4. The minimum Gasteiger partial charge on any atom is -0.496 e. The summed E-state index contributed by atoms with van der Waals surface area (Å²) in [6, 6.07) is 16.8. The van der Waals surface area contributed by atoms with Crippen molar-refractivity contribution in [1.29, 1.82) is 0 Å². The summed E-state index contributed by atoms with van der Waals surface area (Å²) < 4.78 is 29.6. The monoisotopic (exact) mass is 520 g/mol. The van der Waals surface area contributed by atoms with Gasteiger partial charge in [-0.25, -0.2) is 0 Å². The van der Waals surface area contributed by atoms with Gasteiger partial charge >= 0.3 is 0 Å². The predicted octanol–water partition coefficient (Wildman–Crippen LogP) is 5.92. The molecule has 1 aliphatic heterocycles. The number of ether oxygens (including phenoxy) is 5. The highest BCUT2D eigenvalue weighted by Crippen LogP contribution is 2.45. The Hall–Kier alpha value is -3.71. The molecule has 0 radical (unpaired) electrons. The van der Waals surface area contributed by atoms with Crippen LogP contribution in [0.15, 0.2) is 54.6 Å². The maximum Gasteiger partial charge on any atom is 0.203 e. The summed E-state index contributed by atoms with van der Waals surface area (Å²) in [7, 11) is 1.53. The second kappa shape index (κ2) is 12.2. The van der Waals surface area contributed by atoms with Crippen LogP contribution in [0, 0.1) is 0 Å². The van der Waals surface area contributed by atoms with Crippen molar-refractivity contribution in [2.45, 2.75) is 58.8 Å². The number of rotatable bonds is 12. The van der Waals surface area contributed by atoms with Crippen LogP contribution in [0.4, 0.5) is 0 Å². The van der Waals surface area contributed by atoms with Gasteiger partial charge in [-0.3, -0.25) is 4.79 Å². The average molecular weight is 521 g/mol. The molecule has 0 fully saturated rings. The zero-order valence-electron chi connectivity index (χ0n) is 22.5. The third-order valence-corrected chi connectivity index (χ3v) is 6.46. The van der Waals surface area contributed by atoms with E-state index in [9.17, 15) is 9.90 Å². The molecule has 202 valence electrons. The Morgan fingerprint density at radius 3 is 2.53 bits per heavy atom. The summed E-state index contributed by atoms with van der Waals surface area (Å²) >= 11 is 0. The van der Waals surface area contributed by atoms with Gasteiger partial charge in [0.25, 0.3) is 0 Å². The minimum atomic E-state index is -0.335. The molecule has 3 aromatic carbocycles. The van der Waals surface area contributed by atoms with Crippen molar-refractivity contribution < 1.29 is 33.6 Å². The van der Waals surface area contributed by atoms with Crippen LogP contribution in [-0.2, 0) is 19.6 Å². The van der Waals surface area contributed by atoms with Gasteiger partial charge in [0.2, 0.25) is 5.78 Å². The van der Waals surface area contributed by atoms with Crippen LogP contribution >= 0.6 is 0 Å². The van der Waals surface area contributed by atoms with Gasteiger partial charge in [-0.05, 0) is 50.8 Å². The molecule has 1 heterocycles. The first-order chi connectivity index (χ1) is 18.3. The number of ketones is 1. The Kier molecular flexibility index (Phi) is 8.79. The van der Waals surface area contributed by atoms with E-state index in [4.69, 9.17) is 23.7 Å². The van der Waals surface area contributed by atoms with Gasteiger partial charge in [-0.2, -0.15) is 0 Å². The number of methoxy groups -OCH3 is 1. The fourth-order valence-electron chi connectivity index (χ4n) is 4.42. The van der Waals surface area contributed by atoms with Gasteiger partial charge < -0.3 is 28.8 Å². The third kappa shape index (κ3) is 6.40. The van der Waals surface area contributed by atoms with Crippen molar-refractivity contribution in [3.05, 3.63) is 76.9 Å². The molecule has 1 aliphatic rings. The lowest BCUT2D eigenvalue weighted by atomic mass is 9.92. The lowest BCUT2D eigenvalue weighted by Gasteiger charge is -2.34. The highest BCUT2D eigenvalue weighted by atomic mass is 16.5. The molecule has 7 nitrogen and oxygen atoms in total. The molecular formula is C31H36O7. The number of carbonyl (C=O) groups excluding carboxylic acids is 1. The summed E-state index contributed by atoms with van der Waals surface area (Å²) in [5, 5.41) is 10.1. The van der Waals surface area contributed by atoms with Crippen molar-refractivity contribution in [1.82, 2.24) is 0 Å². The van der Waals surface area contributed by atoms with Gasteiger partial charge in [-0.15, -0.1) is 0 Å². The van der Waals surface area contributed by atoms with Crippen molar-refractivity contribution in [2.24, 2.45) is 0 Å². The van der Waals surface area contributed by atoms with E-state index < -0.39 is 0 Å². The number of benzene rings is 3. The Morgan fingerprint density at radius 2 is 1.82 bits per heavy atom. The Bertz CT molecular complexity index is 1250. The molecule has 1 N–H and O–H groups in total. The molecule has 0 aliphatic carbocycles. The Labute approximate surface area is 224 Å². The van der Waals surface area contributed by atoms with Gasteiger partial charge in [0, 0.05) is 17.7 Å². The highest BCUT2D eigenvalue weighted by Gasteiger charge is 2.32. The van der Waals surface area contributed by atoms with Crippen molar-refractivity contribution >= 4 is 5.78 Å². The second-order valence-corrected chi connectivity index (χ2v) is 9.88. The van der Waals surface area contributed by atoms with Gasteiger partial charge in [0.05, 0.1) is 31.5 Å². The van der Waals surface area contributed by atoms with E-state index in [1.807, 2.05) is 51.1 Å². The first kappa shape index (κ1) is 27.3. The Balaban J connectivity index is 1.59. The van der Waals surface area contributed by atoms with E-state index >= 15 is 0 Å². The van der Waals surface area contributed by atoms with E-state index in [1.165, 1.54) is 7.11 Å². The van der Waals surface area contributed by atoms with Crippen LogP contribution in [0.1, 0.15) is 60.7 Å². The van der Waals surface area contributed by atoms with Crippen LogP contribution in [0.5, 0.6) is 28.7 Å². The van der Waals surface area contributed by atoms with Crippen molar-refractivity contribution in [3.63, 3.8) is 0 Å². The van der Waals surface area contributed by atoms with Crippen LogP contribution < -0.4 is 23.7 Å². The molecule has 0 unspecified atom stereocenters. The van der Waals surface area contributed by atoms with E-state index in [1.54, 1.807) is 24.3 Å². The van der Waals surface area contributed by atoms with E-state index in [2.05, 4.69) is 0 Å². The highest BCUT2D eigenvalue weighted by molar-refractivity contribution is 6.00. The molecule has 3 aromatic rings. The number of hydrogen-bond acceptors (Lipinski definition) is 7. The smallest absolute Gasteiger partial charge is 0.203 e. The molecule has 4 rings (SSSR count). The molecule has 0 saturated heterocycles. The summed E-state index contributed by atoms with van der Waals surface area (Å²) in [5.41, 5.74) is 2.36. The molecule has 0 amide bonds. The molecule has 38 heavy (non-hydrogen) atoms. The number of Topliss-reactive ketones (excluding diaryl/α,β-unsaturated/α-hetero) is 1. The van der Waals surface area contributed by atoms with Gasteiger partial charge in [-0.1, -0.05) is 37.3 Å². The normalized spacial score (nSPS) is 13.7. The maximum atomic E-state index is 13.4. The predicted molar refractivity (Wildman–Crippen MR) is 145 cm³/mol. The van der Waals surface area contributed by atoms with Crippen molar-refractivity contribution in [2.75, 3.05) is 20.3 Å². The van der Waals surface area contributed by atoms with Gasteiger partial charge in [0.15, 0.2) is 6.61 Å². The van der Waals surface area contributed by atoms with Crippen LogP contribution in [0.3, 0.4) is 0 Å². The molecule has 0 saturated carbocycles. The number of aliphatic hydroxyl groups is 1. The first-order valence-corrected chi connectivity index (χ1v) is 13.0. The summed E-state index contributed by atoms with van der Waals surface area (Å²) in [6.45, 7) is 6.42. The quantitative estimate of drug-likeness (QED) is 0.297. The van der Waals surface area contributed by atoms with Crippen LogP contribution in [0.2, 0.25) is 0 Å². The lowest BCUT2D eigenvalue weighted by molar-refractivity contribution is 0.0807. The number of hydrogen-bond donors (Lipinski definition) is 1. The topological polar surface area (TPSA) is 83.5 Å². The molecular weight excluding hydrogens is 484 g/mol. The molecule has 0 bridgehead atoms. The maximum absolute atomic E-state index is 13.4. The van der Waals surface area contributed by atoms with E-state index in [0.717, 1.165) is 24.0 Å². The average Bonchev–Trinajstić information content (AvgIpc) is 2.92. The third-order valence-electron chi connectivity index (χ3n) is 6.46. The fraction of sp³-hybridized carbons (Fsp3) is 0.387. The van der Waals surface area contributed by atoms with Gasteiger partial charge in [0.1, 0.15) is 41.0 Å². The second-order valence-electron chi connectivity index (χ2n) is 9.88. The number of carbonyl (C=O) groups is 1. The minimum absolute atomic E-state index is 0.243. The molecule has 0 aromatic heterocycles. The van der Waals surface area contributed by atoms with E-state index in [-0.39, 0.29) is 24.6 Å². The zero-order valence-corrected chi connectivity index (χ0v) is 22.5. The summed E-state index contributed by atoms with van der Waals surface area (Å²) in [6.07, 6.45) is 2.34. The first-order valence-electron chi connectivity index (χ1n) is 13.0. The van der Waals surface area contributed by atoms with Crippen LogP contribution in [0.25, 0.3) is 0 Å². The zero-order chi connectivity index (χ0) is 27.1. The molecule has 0 atom stereocenters. The van der Waals surface area contributed by atoms with Crippen LogP contribution in [-0.4, -0.2) is 36.8 Å². The summed E-state index contributed by atoms with van der Waals surface area (Å²) in [5.74, 6) is 2.33. The lowest BCUT2D eigenvalue weighted by Crippen LogP contribution is -2.33. The van der Waals surface area contributed by atoms with E-state index in [0.29, 0.717) is 59.5 Å². The SMILES string of the molecule is CCCOc1ccc(C(=O)COc2c(CO)c(OC)cc3c2CCC(C)(C)O3)c(OCc2ccccc2)c1. The number of aliphatic hydroxyl groups excluding tert-OH is 1. The number of fused-ring (bicyclic) bond motifs is 1. The fourth-order valence-corrected chi connectivity index (χ4v) is 4.42. The van der Waals surface area contributed by atoms with Crippen molar-refractivity contribution in [3.8, 4) is 28.7 Å².